The molecule has 0 aromatic heterocycles. The monoisotopic (exact) mass is 284 g/mol. The van der Waals surface area contributed by atoms with E-state index in [9.17, 15) is 5.11 Å². The summed E-state index contributed by atoms with van der Waals surface area (Å²) < 4.78 is 5.69. The minimum absolute atomic E-state index is 0.269. The van der Waals surface area contributed by atoms with Gasteiger partial charge in [0.15, 0.2) is 0 Å². The molecular weight excluding hydrogens is 260 g/mol. The molecule has 0 heterocycles. The molecule has 2 heteroatoms. The van der Waals surface area contributed by atoms with Gasteiger partial charge in [0.2, 0.25) is 0 Å². The number of rotatable bonds is 5. The Morgan fingerprint density at radius 1 is 1.00 bits per heavy atom. The Morgan fingerprint density at radius 3 is 2.24 bits per heavy atom. The first-order valence-corrected chi connectivity index (χ1v) is 7.45. The Morgan fingerprint density at radius 2 is 1.67 bits per heavy atom. The van der Waals surface area contributed by atoms with Gasteiger partial charge in [0.25, 0.3) is 0 Å². The summed E-state index contributed by atoms with van der Waals surface area (Å²) in [5.74, 6) is 1.31. The van der Waals surface area contributed by atoms with Gasteiger partial charge in [-0.1, -0.05) is 49.7 Å². The molecule has 0 saturated heterocycles. The topological polar surface area (TPSA) is 29.5 Å². The van der Waals surface area contributed by atoms with Crippen LogP contribution < -0.4 is 4.74 Å². The number of hydrogen-bond donors (Lipinski definition) is 1. The maximum Gasteiger partial charge on any atom is 0.119 e. The number of ether oxygens (including phenoxy) is 1. The van der Waals surface area contributed by atoms with Gasteiger partial charge in [-0.3, -0.25) is 0 Å². The Kier molecular flexibility index (Phi) is 5.03. The van der Waals surface area contributed by atoms with Crippen LogP contribution >= 0.6 is 0 Å². The molecule has 0 fully saturated rings. The van der Waals surface area contributed by atoms with Crippen LogP contribution in [0.1, 0.15) is 48.1 Å². The third-order valence-electron chi connectivity index (χ3n) is 3.74. The normalized spacial score (nSPS) is 12.5. The lowest BCUT2D eigenvalue weighted by molar-refractivity contribution is 0.107. The highest BCUT2D eigenvalue weighted by Gasteiger charge is 2.11. The van der Waals surface area contributed by atoms with Gasteiger partial charge < -0.3 is 9.84 Å². The van der Waals surface area contributed by atoms with E-state index >= 15 is 0 Å². The van der Waals surface area contributed by atoms with Crippen molar-refractivity contribution in [2.75, 3.05) is 6.61 Å². The Balaban J connectivity index is 1.98. The average molecular weight is 284 g/mol. The molecule has 1 unspecified atom stereocenters. The standard InChI is InChI=1S/C19H24O2/c1-13(2)16-6-8-17(9-7-16)21-12-19(20)18-10-5-14(3)11-15(18)4/h5-11,13,19-20H,12H2,1-4H3. The second-order valence-corrected chi connectivity index (χ2v) is 5.91. The molecule has 2 nitrogen and oxygen atoms in total. The molecule has 0 amide bonds. The molecule has 0 bridgehead atoms. The minimum atomic E-state index is -0.602. The Hall–Kier alpha value is -1.80. The molecule has 2 aromatic carbocycles. The van der Waals surface area contributed by atoms with Crippen molar-refractivity contribution in [3.05, 3.63) is 64.7 Å². The maximum atomic E-state index is 10.3. The van der Waals surface area contributed by atoms with Crippen LogP contribution in [0.3, 0.4) is 0 Å². The van der Waals surface area contributed by atoms with Crippen molar-refractivity contribution in [2.45, 2.75) is 39.7 Å². The van der Waals surface area contributed by atoms with Crippen molar-refractivity contribution in [3.8, 4) is 5.75 Å². The number of aryl methyl sites for hydroxylation is 2. The van der Waals surface area contributed by atoms with E-state index in [0.29, 0.717) is 5.92 Å². The molecule has 1 N–H and O–H groups in total. The van der Waals surface area contributed by atoms with Crippen LogP contribution in [0.5, 0.6) is 5.75 Å². The first-order valence-electron chi connectivity index (χ1n) is 7.45. The van der Waals surface area contributed by atoms with E-state index in [1.165, 1.54) is 11.1 Å². The summed E-state index contributed by atoms with van der Waals surface area (Å²) in [6, 6.07) is 14.1. The van der Waals surface area contributed by atoms with Gasteiger partial charge in [-0.15, -0.1) is 0 Å². The van der Waals surface area contributed by atoms with Crippen LogP contribution in [0.2, 0.25) is 0 Å². The van der Waals surface area contributed by atoms with E-state index in [1.807, 2.05) is 31.2 Å². The number of benzene rings is 2. The van der Waals surface area contributed by atoms with E-state index in [2.05, 4.69) is 39.0 Å². The third kappa shape index (κ3) is 4.08. The third-order valence-corrected chi connectivity index (χ3v) is 3.74. The smallest absolute Gasteiger partial charge is 0.119 e. The van der Waals surface area contributed by atoms with Gasteiger partial charge in [-0.25, -0.2) is 0 Å². The first kappa shape index (κ1) is 15.6. The molecule has 21 heavy (non-hydrogen) atoms. The zero-order chi connectivity index (χ0) is 15.4. The molecule has 112 valence electrons. The van der Waals surface area contributed by atoms with E-state index in [1.54, 1.807) is 0 Å². The van der Waals surface area contributed by atoms with Gasteiger partial charge in [0, 0.05) is 0 Å². The summed E-state index contributed by atoms with van der Waals surface area (Å²) in [6.45, 7) is 8.67. The van der Waals surface area contributed by atoms with Crippen LogP contribution in [0.4, 0.5) is 0 Å². The van der Waals surface area contributed by atoms with E-state index in [-0.39, 0.29) is 6.61 Å². The quantitative estimate of drug-likeness (QED) is 0.873. The highest BCUT2D eigenvalue weighted by atomic mass is 16.5. The molecule has 0 aliphatic rings. The van der Waals surface area contributed by atoms with Gasteiger partial charge in [0.1, 0.15) is 18.5 Å². The number of aliphatic hydroxyl groups is 1. The molecule has 0 radical (unpaired) electrons. The number of hydrogen-bond acceptors (Lipinski definition) is 2. The van der Waals surface area contributed by atoms with Crippen LogP contribution in [-0.2, 0) is 0 Å². The minimum Gasteiger partial charge on any atom is -0.491 e. The average Bonchev–Trinajstić information content (AvgIpc) is 2.45. The summed E-state index contributed by atoms with van der Waals surface area (Å²) in [5.41, 5.74) is 4.52. The Labute approximate surface area is 127 Å². The predicted octanol–water partition coefficient (Wildman–Crippen LogP) is 4.54. The predicted molar refractivity (Wildman–Crippen MR) is 86.9 cm³/mol. The highest BCUT2D eigenvalue weighted by molar-refractivity contribution is 5.32. The zero-order valence-corrected chi connectivity index (χ0v) is 13.3. The molecule has 1 atom stereocenters. The lowest BCUT2D eigenvalue weighted by Crippen LogP contribution is -2.11. The van der Waals surface area contributed by atoms with Crippen LogP contribution in [0.25, 0.3) is 0 Å². The molecule has 2 rings (SSSR count). The fourth-order valence-electron chi connectivity index (χ4n) is 2.41. The highest BCUT2D eigenvalue weighted by Crippen LogP contribution is 2.22. The first-order chi connectivity index (χ1) is 9.97. The molecule has 2 aromatic rings. The van der Waals surface area contributed by atoms with Gasteiger partial charge in [-0.2, -0.15) is 0 Å². The van der Waals surface area contributed by atoms with E-state index in [4.69, 9.17) is 4.74 Å². The summed E-state index contributed by atoms with van der Waals surface area (Å²) in [7, 11) is 0. The molecular formula is C19H24O2. The molecule has 0 saturated carbocycles. The second-order valence-electron chi connectivity index (χ2n) is 5.91. The van der Waals surface area contributed by atoms with Gasteiger partial charge in [-0.05, 0) is 48.6 Å². The number of aliphatic hydroxyl groups excluding tert-OH is 1. The Bertz CT molecular complexity index is 585. The summed E-state index contributed by atoms with van der Waals surface area (Å²) >= 11 is 0. The van der Waals surface area contributed by atoms with Crippen molar-refractivity contribution in [2.24, 2.45) is 0 Å². The van der Waals surface area contributed by atoms with E-state index in [0.717, 1.165) is 16.9 Å². The summed E-state index contributed by atoms with van der Waals surface area (Å²) in [6.07, 6.45) is -0.602. The van der Waals surface area contributed by atoms with Crippen LogP contribution in [0.15, 0.2) is 42.5 Å². The molecule has 0 spiro atoms. The van der Waals surface area contributed by atoms with Crippen molar-refractivity contribution in [1.82, 2.24) is 0 Å². The van der Waals surface area contributed by atoms with Crippen molar-refractivity contribution in [1.29, 1.82) is 0 Å². The fourth-order valence-corrected chi connectivity index (χ4v) is 2.41. The second kappa shape index (κ2) is 6.77. The molecule has 0 aliphatic heterocycles. The van der Waals surface area contributed by atoms with Crippen LogP contribution in [0, 0.1) is 13.8 Å². The summed E-state index contributed by atoms with van der Waals surface area (Å²) in [4.78, 5) is 0. The fraction of sp³-hybridized carbons (Fsp3) is 0.368. The van der Waals surface area contributed by atoms with Crippen molar-refractivity contribution >= 4 is 0 Å². The largest absolute Gasteiger partial charge is 0.491 e. The van der Waals surface area contributed by atoms with E-state index < -0.39 is 6.10 Å². The van der Waals surface area contributed by atoms with Crippen LogP contribution in [-0.4, -0.2) is 11.7 Å². The van der Waals surface area contributed by atoms with Gasteiger partial charge in [0.05, 0.1) is 0 Å². The zero-order valence-electron chi connectivity index (χ0n) is 13.3. The summed E-state index contributed by atoms with van der Waals surface area (Å²) in [5, 5.41) is 10.3. The van der Waals surface area contributed by atoms with Gasteiger partial charge >= 0.3 is 0 Å². The lowest BCUT2D eigenvalue weighted by Gasteiger charge is -2.16. The maximum absolute atomic E-state index is 10.3. The SMILES string of the molecule is Cc1ccc(C(O)COc2ccc(C(C)C)cc2)c(C)c1. The lowest BCUT2D eigenvalue weighted by atomic mass is 10.0. The van der Waals surface area contributed by atoms with Crippen molar-refractivity contribution in [3.63, 3.8) is 0 Å². The van der Waals surface area contributed by atoms with Crippen molar-refractivity contribution < 1.29 is 9.84 Å². The molecule has 0 aliphatic carbocycles.